The van der Waals surface area contributed by atoms with E-state index >= 15 is 0 Å². The van der Waals surface area contributed by atoms with Crippen LogP contribution < -0.4 is 11.2 Å². The third kappa shape index (κ3) is 8.68. The van der Waals surface area contributed by atoms with E-state index in [1.165, 1.54) is 10.8 Å². The minimum atomic E-state index is -0.961. The molecule has 1 aliphatic heterocycles. The molecule has 2 aromatic heterocycles. The van der Waals surface area contributed by atoms with Crippen LogP contribution in [0.5, 0.6) is 0 Å². The largest absolute Gasteiger partial charge is 0.459 e. The Bertz CT molecular complexity index is 1890. The van der Waals surface area contributed by atoms with Gasteiger partial charge in [0.25, 0.3) is 5.56 Å². The maximum atomic E-state index is 13.0. The number of unbranched alkanes of at least 4 members (excludes halogenated alkanes) is 2. The van der Waals surface area contributed by atoms with Crippen molar-refractivity contribution in [3.8, 4) is 11.8 Å². The number of hydrogen-bond donors (Lipinski definition) is 1. The molecule has 4 aromatic rings. The number of H-pyrrole nitrogens is 1. The summed E-state index contributed by atoms with van der Waals surface area (Å²) in [4.78, 5) is 62.2. The molecule has 0 saturated carbocycles. The average Bonchev–Trinajstić information content (AvgIpc) is 3.46. The highest BCUT2D eigenvalue weighted by Crippen LogP contribution is 2.31. The summed E-state index contributed by atoms with van der Waals surface area (Å²) in [6, 6.07) is 13.8. The third-order valence-corrected chi connectivity index (χ3v) is 7.75. The number of carbonyl (C=O) groups is 2. The smallest absolute Gasteiger partial charge is 0.338 e. The Morgan fingerprint density at radius 1 is 0.936 bits per heavy atom. The minimum Gasteiger partial charge on any atom is -0.459 e. The molecule has 5 rings (SSSR count). The normalized spacial score (nSPS) is 17.0. The van der Waals surface area contributed by atoms with E-state index in [1.54, 1.807) is 60.9 Å². The molecule has 1 N–H and O–H groups in total. The zero-order valence-corrected chi connectivity index (χ0v) is 26.5. The lowest BCUT2D eigenvalue weighted by Crippen LogP contribution is -2.34. The summed E-state index contributed by atoms with van der Waals surface area (Å²) in [5, 5.41) is 0. The van der Waals surface area contributed by atoms with Gasteiger partial charge >= 0.3 is 17.6 Å². The van der Waals surface area contributed by atoms with Crippen molar-refractivity contribution in [2.45, 2.75) is 71.3 Å². The summed E-state index contributed by atoms with van der Waals surface area (Å²) in [5.41, 5.74) is 2.24. The van der Waals surface area contributed by atoms with Crippen LogP contribution in [0.25, 0.3) is 0 Å². The lowest BCUT2D eigenvalue weighted by Gasteiger charge is -2.19. The van der Waals surface area contributed by atoms with E-state index in [4.69, 9.17) is 14.2 Å². The van der Waals surface area contributed by atoms with Gasteiger partial charge in [0.15, 0.2) is 0 Å². The number of aromatic amines is 1. The van der Waals surface area contributed by atoms with Crippen molar-refractivity contribution in [2.24, 2.45) is 0 Å². The molecule has 0 bridgehead atoms. The van der Waals surface area contributed by atoms with Crippen LogP contribution in [0.4, 0.5) is 0 Å². The Morgan fingerprint density at radius 2 is 1.57 bits per heavy atom. The van der Waals surface area contributed by atoms with Crippen LogP contribution in [-0.4, -0.2) is 50.3 Å². The van der Waals surface area contributed by atoms with Crippen LogP contribution in [0, 0.1) is 25.7 Å². The number of aryl methyl sites for hydroxylation is 3. The van der Waals surface area contributed by atoms with Crippen LogP contribution in [0.2, 0.25) is 0 Å². The van der Waals surface area contributed by atoms with Gasteiger partial charge < -0.3 is 14.2 Å². The summed E-state index contributed by atoms with van der Waals surface area (Å²) in [6.07, 6.45) is 6.20. The monoisotopic (exact) mass is 636 g/mol. The Hall–Kier alpha value is -5.34. The summed E-state index contributed by atoms with van der Waals surface area (Å²) in [5.74, 6) is 4.59. The van der Waals surface area contributed by atoms with Gasteiger partial charge in [-0.3, -0.25) is 14.3 Å². The van der Waals surface area contributed by atoms with Gasteiger partial charge in [-0.2, -0.15) is 0 Å². The average molecular weight is 637 g/mol. The molecule has 0 amide bonds. The first-order valence-electron chi connectivity index (χ1n) is 15.6. The zero-order chi connectivity index (χ0) is 33.3. The van der Waals surface area contributed by atoms with Crippen LogP contribution in [0.1, 0.15) is 87.6 Å². The number of esters is 2. The molecule has 0 aliphatic carbocycles. The van der Waals surface area contributed by atoms with E-state index in [0.29, 0.717) is 11.1 Å². The van der Waals surface area contributed by atoms with Crippen molar-refractivity contribution in [3.05, 3.63) is 127 Å². The number of hydrogen-bond acceptors (Lipinski definition) is 9. The minimum absolute atomic E-state index is 0.00808. The van der Waals surface area contributed by atoms with E-state index in [-0.39, 0.29) is 24.4 Å². The second-order valence-corrected chi connectivity index (χ2v) is 11.5. The molecular weight excluding hydrogens is 600 g/mol. The van der Waals surface area contributed by atoms with Crippen molar-refractivity contribution >= 4 is 11.9 Å². The van der Waals surface area contributed by atoms with Gasteiger partial charge in [-0.15, -0.1) is 0 Å². The van der Waals surface area contributed by atoms with Crippen LogP contribution in [0.15, 0.2) is 76.7 Å². The van der Waals surface area contributed by atoms with Crippen molar-refractivity contribution in [2.75, 3.05) is 6.61 Å². The molecule has 0 spiro atoms. The van der Waals surface area contributed by atoms with Gasteiger partial charge in [-0.1, -0.05) is 61.1 Å². The van der Waals surface area contributed by atoms with Crippen LogP contribution in [0.3, 0.4) is 0 Å². The molecule has 0 unspecified atom stereocenters. The van der Waals surface area contributed by atoms with E-state index in [0.717, 1.165) is 42.4 Å². The molecule has 1 saturated heterocycles. The second-order valence-electron chi connectivity index (χ2n) is 11.5. The number of nitrogens with zero attached hydrogens (tertiary/aromatic N) is 3. The first-order chi connectivity index (χ1) is 22.7. The van der Waals surface area contributed by atoms with Crippen molar-refractivity contribution in [1.29, 1.82) is 0 Å². The molecule has 1 aliphatic rings. The van der Waals surface area contributed by atoms with Gasteiger partial charge in [-0.05, 0) is 62.4 Å². The fourth-order valence-electron chi connectivity index (χ4n) is 5.01. The Balaban J connectivity index is 1.35. The predicted octanol–water partition coefficient (Wildman–Crippen LogP) is 4.45. The standard InChI is InChI=1S/C36H36N4O7/c1-4-5-6-7-25-19-37-31(38-20-25)17-16-28-21-40(36(44)39-33(28)41)32-18-29(47-35(43)27-14-10-24(3)11-15-27)30(46-32)22-45-34(42)26-12-8-23(2)9-13-26/h8-15,19-21,29-30,32H,4-7,18,22H2,1-3H3,(H,39,41,44)/t29-,30+,32+/m0/s1. The molecule has 3 atom stereocenters. The van der Waals surface area contributed by atoms with Crippen molar-refractivity contribution < 1.29 is 23.8 Å². The summed E-state index contributed by atoms with van der Waals surface area (Å²) in [7, 11) is 0. The fourth-order valence-corrected chi connectivity index (χ4v) is 5.01. The first-order valence-corrected chi connectivity index (χ1v) is 15.6. The molecule has 3 heterocycles. The van der Waals surface area contributed by atoms with Crippen LogP contribution in [-0.2, 0) is 20.6 Å². The maximum Gasteiger partial charge on any atom is 0.338 e. The van der Waals surface area contributed by atoms with Gasteiger partial charge in [0.2, 0.25) is 5.82 Å². The lowest BCUT2D eigenvalue weighted by atomic mass is 10.1. The second kappa shape index (κ2) is 15.3. The van der Waals surface area contributed by atoms with E-state index < -0.39 is 41.6 Å². The van der Waals surface area contributed by atoms with E-state index in [1.807, 2.05) is 13.8 Å². The molecule has 0 radical (unpaired) electrons. The van der Waals surface area contributed by atoms with Crippen LogP contribution >= 0.6 is 0 Å². The quantitative estimate of drug-likeness (QED) is 0.152. The Labute approximate surface area is 272 Å². The zero-order valence-electron chi connectivity index (χ0n) is 26.5. The Morgan fingerprint density at radius 3 is 2.21 bits per heavy atom. The van der Waals surface area contributed by atoms with Gasteiger partial charge in [-0.25, -0.2) is 24.4 Å². The molecule has 2 aromatic carbocycles. The first kappa shape index (κ1) is 33.0. The number of carbonyl (C=O) groups excluding carboxylic acids is 2. The third-order valence-electron chi connectivity index (χ3n) is 7.75. The number of aromatic nitrogens is 4. The number of ether oxygens (including phenoxy) is 3. The highest BCUT2D eigenvalue weighted by atomic mass is 16.6. The summed E-state index contributed by atoms with van der Waals surface area (Å²) < 4.78 is 18.6. The van der Waals surface area contributed by atoms with E-state index in [2.05, 4.69) is 33.7 Å². The van der Waals surface area contributed by atoms with Crippen molar-refractivity contribution in [3.63, 3.8) is 0 Å². The lowest BCUT2D eigenvalue weighted by molar-refractivity contribution is -0.0582. The number of nitrogens with one attached hydrogen (secondary N) is 1. The molecule has 47 heavy (non-hydrogen) atoms. The highest BCUT2D eigenvalue weighted by Gasteiger charge is 2.40. The summed E-state index contributed by atoms with van der Waals surface area (Å²) >= 11 is 0. The molecule has 1 fully saturated rings. The van der Waals surface area contributed by atoms with Crippen molar-refractivity contribution in [1.82, 2.24) is 19.5 Å². The molecule has 11 heteroatoms. The fraction of sp³-hybridized carbons (Fsp3) is 0.333. The molecule has 242 valence electrons. The topological polar surface area (TPSA) is 142 Å². The number of rotatable bonds is 10. The maximum absolute atomic E-state index is 13.0. The predicted molar refractivity (Wildman–Crippen MR) is 173 cm³/mol. The molecular formula is C36H36N4O7. The SMILES string of the molecule is CCCCCc1cnc(C#Cc2cn([C@H]3C[C@H](OC(=O)c4ccc(C)cc4)[C@@H](COC(=O)c4ccc(C)cc4)O3)c(=O)[nH]c2=O)nc1. The summed E-state index contributed by atoms with van der Waals surface area (Å²) in [6.45, 7) is 5.71. The molecule has 11 nitrogen and oxygen atoms in total. The Kier molecular flexibility index (Phi) is 10.8. The van der Waals surface area contributed by atoms with Gasteiger partial charge in [0.1, 0.15) is 30.6 Å². The number of benzene rings is 2. The highest BCUT2D eigenvalue weighted by molar-refractivity contribution is 5.90. The van der Waals surface area contributed by atoms with E-state index in [9.17, 15) is 19.2 Å². The van der Waals surface area contributed by atoms with Gasteiger partial charge in [0, 0.05) is 25.0 Å². The van der Waals surface area contributed by atoms with Gasteiger partial charge in [0.05, 0.1) is 11.1 Å².